The summed E-state index contributed by atoms with van der Waals surface area (Å²) in [6, 6.07) is 54.2. The van der Waals surface area contributed by atoms with E-state index < -0.39 is 0 Å². The van der Waals surface area contributed by atoms with E-state index in [1.165, 1.54) is 121 Å². The normalized spacial score (nSPS) is 12.5. The van der Waals surface area contributed by atoms with Crippen molar-refractivity contribution in [3.8, 4) is 56.3 Å². The molecule has 0 N–H and O–H groups in total. The lowest BCUT2D eigenvalue weighted by atomic mass is 9.45. The summed E-state index contributed by atoms with van der Waals surface area (Å²) in [6.07, 6.45) is 0. The second-order valence-electron chi connectivity index (χ2n) is 16.6. The van der Waals surface area contributed by atoms with Crippen molar-refractivity contribution in [2.75, 3.05) is 0 Å². The van der Waals surface area contributed by atoms with Gasteiger partial charge in [-0.15, -0.1) is 0 Å². The number of fused-ring (bicyclic) bond motifs is 10. The predicted octanol–water partition coefficient (Wildman–Crippen LogP) is 12.3. The minimum absolute atomic E-state index is 0.0479. The molecule has 0 amide bonds. The van der Waals surface area contributed by atoms with Gasteiger partial charge in [-0.05, 0) is 161 Å². The summed E-state index contributed by atoms with van der Waals surface area (Å²) in [5, 5.41) is 15.1. The van der Waals surface area contributed by atoms with Gasteiger partial charge in [0.05, 0.1) is 22.7 Å². The Morgan fingerprint density at radius 3 is 1.91 bits per heavy atom. The first-order valence-corrected chi connectivity index (χ1v) is 20.3. The van der Waals surface area contributed by atoms with E-state index in [4.69, 9.17) is 0 Å². The molecule has 0 atom stereocenters. The number of nitriles is 1. The number of hydrogen-bond acceptors (Lipinski definition) is 1. The molecule has 4 heteroatoms. The fraction of sp³-hybridized carbons (Fsp3) is 0.0926. The van der Waals surface area contributed by atoms with Crippen molar-refractivity contribution in [1.29, 1.82) is 5.26 Å². The quantitative estimate of drug-likeness (QED) is 0.166. The van der Waals surface area contributed by atoms with Crippen LogP contribution in [0.25, 0.3) is 93.8 Å². The maximum Gasteiger partial charge on any atom is 0.333 e. The molecule has 12 rings (SSSR count). The number of aryl methyl sites for hydroxylation is 4. The third-order valence-corrected chi connectivity index (χ3v) is 13.4. The average Bonchev–Trinajstić information content (AvgIpc) is 3.74. The van der Waals surface area contributed by atoms with Crippen molar-refractivity contribution < 1.29 is 0 Å². The molecule has 0 aliphatic carbocycles. The van der Waals surface area contributed by atoms with E-state index in [0.717, 1.165) is 11.1 Å². The van der Waals surface area contributed by atoms with Crippen molar-refractivity contribution >= 4 is 61.4 Å². The molecule has 4 heterocycles. The van der Waals surface area contributed by atoms with Gasteiger partial charge >= 0.3 is 6.85 Å². The van der Waals surface area contributed by atoms with E-state index in [0.29, 0.717) is 5.56 Å². The summed E-state index contributed by atoms with van der Waals surface area (Å²) in [4.78, 5) is 0. The minimum atomic E-state index is -0.0479. The van der Waals surface area contributed by atoms with Crippen LogP contribution in [-0.4, -0.2) is 15.9 Å². The van der Waals surface area contributed by atoms with Crippen LogP contribution in [0.3, 0.4) is 0 Å². The van der Waals surface area contributed by atoms with E-state index in [1.807, 2.05) is 12.1 Å². The molecule has 0 unspecified atom stereocenters. The van der Waals surface area contributed by atoms with Gasteiger partial charge in [-0.3, -0.25) is 0 Å². The molecular formula is C54H38BN3. The standard InChI is InChI=1S/C54H38BN3/c1-30-12-8-13-31(2)49(30)37-22-23-47-42(25-37)43-26-38(50-32(3)14-9-15-33(50)4)27-44-51-34(5)41(36-17-10-16-35(24-36)29-56)28-48-52(51)55(58(47)53(43)44)45-20-11-19-40-39-18-6-7-21-46(39)57(48)54(40)45/h6-28H,1-5H3. The zero-order valence-corrected chi connectivity index (χ0v) is 33.2. The van der Waals surface area contributed by atoms with Gasteiger partial charge in [-0.1, -0.05) is 91.0 Å². The van der Waals surface area contributed by atoms with Gasteiger partial charge in [0, 0.05) is 43.8 Å². The lowest BCUT2D eigenvalue weighted by molar-refractivity contribution is 1.17. The van der Waals surface area contributed by atoms with Crippen LogP contribution in [-0.2, 0) is 0 Å². The lowest BCUT2D eigenvalue weighted by Crippen LogP contribution is -2.55. The summed E-state index contributed by atoms with van der Waals surface area (Å²) in [5.74, 6) is 0. The average molecular weight is 740 g/mol. The third-order valence-electron chi connectivity index (χ3n) is 13.4. The third kappa shape index (κ3) is 4.23. The zero-order valence-electron chi connectivity index (χ0n) is 33.2. The highest BCUT2D eigenvalue weighted by molar-refractivity contribution is 6.90. The molecular weight excluding hydrogens is 701 g/mol. The Morgan fingerprint density at radius 1 is 0.483 bits per heavy atom. The van der Waals surface area contributed by atoms with Gasteiger partial charge in [-0.2, -0.15) is 5.26 Å². The minimum Gasteiger partial charge on any atom is -0.375 e. The highest BCUT2D eigenvalue weighted by Crippen LogP contribution is 2.48. The molecule has 0 radical (unpaired) electrons. The topological polar surface area (TPSA) is 33.6 Å². The molecule has 3 nitrogen and oxygen atoms in total. The number of para-hydroxylation sites is 2. The maximum atomic E-state index is 10.0. The molecule has 2 aliphatic rings. The molecule has 0 bridgehead atoms. The SMILES string of the molecule is Cc1cccc(C)c1-c1ccc2c(c1)c1cc(-c3c(C)cccc3C)cc3c1n2B1c2c(cc(-c4cccc(C#N)c4)c(C)c2-3)-n2c3ccccc3c3cccc1c32. The first-order chi connectivity index (χ1) is 28.3. The molecule has 0 spiro atoms. The number of rotatable bonds is 3. The Labute approximate surface area is 338 Å². The monoisotopic (exact) mass is 739 g/mol. The fourth-order valence-corrected chi connectivity index (χ4v) is 11.1. The van der Waals surface area contributed by atoms with Gasteiger partial charge in [0.1, 0.15) is 0 Å². The van der Waals surface area contributed by atoms with Crippen molar-refractivity contribution in [1.82, 2.24) is 9.05 Å². The number of benzene rings is 8. The van der Waals surface area contributed by atoms with E-state index >= 15 is 0 Å². The zero-order chi connectivity index (χ0) is 39.1. The van der Waals surface area contributed by atoms with E-state index in [1.54, 1.807) is 0 Å². The van der Waals surface area contributed by atoms with Crippen LogP contribution in [0.4, 0.5) is 0 Å². The molecule has 8 aromatic carbocycles. The lowest BCUT2D eigenvalue weighted by Gasteiger charge is -2.36. The molecule has 58 heavy (non-hydrogen) atoms. The van der Waals surface area contributed by atoms with Gasteiger partial charge in [0.25, 0.3) is 0 Å². The highest BCUT2D eigenvalue weighted by Gasteiger charge is 2.42. The highest BCUT2D eigenvalue weighted by atomic mass is 15.0. The molecule has 0 fully saturated rings. The predicted molar refractivity (Wildman–Crippen MR) is 244 cm³/mol. The Hall–Kier alpha value is -7.09. The fourth-order valence-electron chi connectivity index (χ4n) is 11.1. The van der Waals surface area contributed by atoms with Gasteiger partial charge in [-0.25, -0.2) is 0 Å². The summed E-state index contributed by atoms with van der Waals surface area (Å²) in [7, 11) is 0. The van der Waals surface area contributed by atoms with Crippen molar-refractivity contribution in [2.24, 2.45) is 0 Å². The van der Waals surface area contributed by atoms with E-state index in [2.05, 4.69) is 177 Å². The molecule has 10 aromatic rings. The summed E-state index contributed by atoms with van der Waals surface area (Å²) in [5.41, 5.74) is 25.8. The van der Waals surface area contributed by atoms with Gasteiger partial charge in [0.15, 0.2) is 0 Å². The first-order valence-electron chi connectivity index (χ1n) is 20.3. The smallest absolute Gasteiger partial charge is 0.333 e. The number of nitrogens with zero attached hydrogens (tertiary/aromatic N) is 3. The van der Waals surface area contributed by atoms with Crippen molar-refractivity contribution in [2.45, 2.75) is 34.6 Å². The van der Waals surface area contributed by atoms with Crippen molar-refractivity contribution in [3.05, 3.63) is 173 Å². The molecule has 2 aliphatic heterocycles. The Kier molecular flexibility index (Phi) is 6.69. The van der Waals surface area contributed by atoms with Gasteiger partial charge in [0.2, 0.25) is 0 Å². The Balaban J connectivity index is 1.31. The number of hydrogen-bond donors (Lipinski definition) is 0. The van der Waals surface area contributed by atoms with E-state index in [-0.39, 0.29) is 6.85 Å². The molecule has 0 saturated carbocycles. The van der Waals surface area contributed by atoms with Crippen LogP contribution in [0.5, 0.6) is 0 Å². The summed E-state index contributed by atoms with van der Waals surface area (Å²) < 4.78 is 5.22. The van der Waals surface area contributed by atoms with E-state index in [9.17, 15) is 5.26 Å². The van der Waals surface area contributed by atoms with Gasteiger partial charge < -0.3 is 9.05 Å². The number of aromatic nitrogens is 2. The summed E-state index contributed by atoms with van der Waals surface area (Å²) >= 11 is 0. The largest absolute Gasteiger partial charge is 0.375 e. The molecule has 2 aromatic heterocycles. The first kappa shape index (κ1) is 33.1. The van der Waals surface area contributed by atoms with Crippen LogP contribution in [0.15, 0.2) is 140 Å². The Morgan fingerprint density at radius 2 is 1.16 bits per heavy atom. The van der Waals surface area contributed by atoms with Crippen LogP contribution in [0.1, 0.15) is 33.4 Å². The van der Waals surface area contributed by atoms with Crippen LogP contribution in [0, 0.1) is 45.9 Å². The maximum absolute atomic E-state index is 10.0. The van der Waals surface area contributed by atoms with Crippen LogP contribution >= 0.6 is 0 Å². The Bertz CT molecular complexity index is 3490. The second kappa shape index (κ2) is 11.7. The van der Waals surface area contributed by atoms with Crippen molar-refractivity contribution in [3.63, 3.8) is 0 Å². The summed E-state index contributed by atoms with van der Waals surface area (Å²) in [6.45, 7) is 11.2. The molecule has 272 valence electrons. The van der Waals surface area contributed by atoms with Crippen LogP contribution < -0.4 is 10.9 Å². The second-order valence-corrected chi connectivity index (χ2v) is 16.6. The molecule has 0 saturated heterocycles. The van der Waals surface area contributed by atoms with Crippen LogP contribution in [0.2, 0.25) is 0 Å².